The van der Waals surface area contributed by atoms with Gasteiger partial charge in [-0.05, 0) is 20.8 Å². The largest absolute Gasteiger partial charge is 1.00 e. The number of alkyl halides is 5. The number of esters is 1. The molecule has 0 heterocycles. The maximum atomic E-state index is 12.9. The molecule has 122 valence electrons. The summed E-state index contributed by atoms with van der Waals surface area (Å²) in [6.45, 7) is 3.19. The first-order valence-corrected chi connectivity index (χ1v) is 6.03. The maximum absolute atomic E-state index is 12.9. The predicted molar refractivity (Wildman–Crippen MR) is 53.6 cm³/mol. The Kier molecular flexibility index (Phi) is 9.26. The molecule has 21 heavy (non-hydrogen) atoms. The first kappa shape index (κ1) is 25.9. The molecule has 2 N–H and O–H groups in total. The van der Waals surface area contributed by atoms with Gasteiger partial charge in [-0.15, -0.1) is 0 Å². The van der Waals surface area contributed by atoms with Gasteiger partial charge in [0.2, 0.25) is 0 Å². The zero-order valence-electron chi connectivity index (χ0n) is 11.4. The number of halogens is 5. The van der Waals surface area contributed by atoms with Gasteiger partial charge in [0.1, 0.15) is 0 Å². The summed E-state index contributed by atoms with van der Waals surface area (Å²) < 4.78 is 96.9. The minimum Gasteiger partial charge on any atom is -0.743 e. The van der Waals surface area contributed by atoms with E-state index in [0.717, 1.165) is 20.8 Å². The molecule has 0 radical (unpaired) electrons. The van der Waals surface area contributed by atoms with E-state index in [4.69, 9.17) is 0 Å². The van der Waals surface area contributed by atoms with Gasteiger partial charge in [0.05, 0.1) is 5.41 Å². The summed E-state index contributed by atoms with van der Waals surface area (Å²) in [4.78, 5) is 11.1. The Morgan fingerprint density at radius 2 is 1.43 bits per heavy atom. The normalized spacial score (nSPS) is 14.5. The fourth-order valence-corrected chi connectivity index (χ4v) is 1.18. The van der Waals surface area contributed by atoms with Crippen molar-refractivity contribution in [1.82, 2.24) is 0 Å². The molecule has 13 heteroatoms. The fourth-order valence-electron chi connectivity index (χ4n) is 0.741. The van der Waals surface area contributed by atoms with Gasteiger partial charge in [0, 0.05) is 0 Å². The molecule has 0 aromatic rings. The molecule has 0 aliphatic rings. The Balaban J connectivity index is -0.00000162. The summed E-state index contributed by atoms with van der Waals surface area (Å²) in [5.74, 6) is -1.72. The molecule has 0 rings (SSSR count). The van der Waals surface area contributed by atoms with Crippen LogP contribution in [0.25, 0.3) is 0 Å². The van der Waals surface area contributed by atoms with Gasteiger partial charge in [-0.3, -0.25) is 4.79 Å². The van der Waals surface area contributed by atoms with Crippen molar-refractivity contribution in [3.8, 4) is 0 Å². The van der Waals surface area contributed by atoms with Gasteiger partial charge >= 0.3 is 47.0 Å². The Morgan fingerprint density at radius 1 is 1.10 bits per heavy atom. The van der Waals surface area contributed by atoms with E-state index >= 15 is 0 Å². The molecule has 0 aromatic heterocycles. The monoisotopic (exact) mass is 354 g/mol. The molecule has 6 nitrogen and oxygen atoms in total. The average molecular weight is 354 g/mol. The van der Waals surface area contributed by atoms with Crippen LogP contribution in [0.1, 0.15) is 20.8 Å². The van der Waals surface area contributed by atoms with E-state index in [2.05, 4.69) is 4.74 Å². The molecule has 1 atom stereocenters. The number of rotatable bonds is 3. The van der Waals surface area contributed by atoms with Gasteiger partial charge in [-0.2, -0.15) is 22.0 Å². The molecule has 0 saturated carbocycles. The third-order valence-electron chi connectivity index (χ3n) is 1.77. The minimum absolute atomic E-state index is 0. The van der Waals surface area contributed by atoms with E-state index in [0.29, 0.717) is 0 Å². The third-order valence-corrected chi connectivity index (χ3v) is 2.65. The van der Waals surface area contributed by atoms with Crippen LogP contribution < -0.4 is 29.6 Å². The zero-order valence-corrected chi connectivity index (χ0v) is 14.2. The molecule has 0 aliphatic heterocycles. The van der Waals surface area contributed by atoms with Gasteiger partial charge in [-0.25, -0.2) is 8.42 Å². The SMILES string of the molecule is CC(C)(C)C(=O)OC(C(F)(F)F)C(F)(F)S(=O)(=O)[O-].O.[Na+]. The molecule has 0 saturated heterocycles. The molecular formula is C8H12F5NaO6S. The van der Waals surface area contributed by atoms with Gasteiger partial charge in [0.25, 0.3) is 6.10 Å². The van der Waals surface area contributed by atoms with Crippen LogP contribution in [-0.2, 0) is 19.6 Å². The van der Waals surface area contributed by atoms with Crippen LogP contribution in [0.4, 0.5) is 22.0 Å². The second-order valence-corrected chi connectivity index (χ2v) is 6.05. The van der Waals surface area contributed by atoms with Crippen LogP contribution in [0.15, 0.2) is 0 Å². The van der Waals surface area contributed by atoms with Gasteiger partial charge < -0.3 is 14.8 Å². The van der Waals surface area contributed by atoms with Crippen LogP contribution in [-0.4, -0.2) is 42.0 Å². The standard InChI is InChI=1S/C8H11F5O5S.Na.H2O/c1-6(2,3)5(14)18-4(7(9,10)11)8(12,13)19(15,16)17;;/h4H,1-3H3,(H,15,16,17);;1H2/q;+1;/p-1. The number of carbonyl (C=O) groups excluding carboxylic acids is 1. The molecule has 0 amide bonds. The van der Waals surface area contributed by atoms with Crippen molar-refractivity contribution in [2.24, 2.45) is 5.41 Å². The number of hydrogen-bond donors (Lipinski definition) is 0. The molecule has 0 fully saturated rings. The molecule has 0 bridgehead atoms. The number of carbonyl (C=O) groups is 1. The van der Waals surface area contributed by atoms with E-state index in [9.17, 15) is 39.7 Å². The van der Waals surface area contributed by atoms with Crippen LogP contribution in [0, 0.1) is 5.41 Å². The molecule has 1 unspecified atom stereocenters. The minimum atomic E-state index is -6.66. The van der Waals surface area contributed by atoms with Crippen molar-refractivity contribution in [2.75, 3.05) is 0 Å². The van der Waals surface area contributed by atoms with Crippen molar-refractivity contribution in [3.05, 3.63) is 0 Å². The summed E-state index contributed by atoms with van der Waals surface area (Å²) in [5, 5.41) is -5.81. The van der Waals surface area contributed by atoms with Crippen LogP contribution in [0.5, 0.6) is 0 Å². The Hall–Kier alpha value is -0.0100. The number of ether oxygens (including phenoxy) is 1. The van der Waals surface area contributed by atoms with Crippen LogP contribution in [0.2, 0.25) is 0 Å². The van der Waals surface area contributed by atoms with E-state index in [1.807, 2.05) is 0 Å². The third kappa shape index (κ3) is 6.74. The van der Waals surface area contributed by atoms with Crippen molar-refractivity contribution in [2.45, 2.75) is 38.3 Å². The second kappa shape index (κ2) is 7.51. The Morgan fingerprint density at radius 3 is 1.62 bits per heavy atom. The Bertz CT molecular complexity index is 455. The number of hydrogen-bond acceptors (Lipinski definition) is 5. The van der Waals surface area contributed by atoms with E-state index in [1.54, 1.807) is 0 Å². The molecule has 0 aliphatic carbocycles. The maximum Gasteiger partial charge on any atom is 1.00 e. The van der Waals surface area contributed by atoms with Crippen molar-refractivity contribution < 1.29 is 79.5 Å². The topological polar surface area (TPSA) is 115 Å². The first-order chi connectivity index (χ1) is 8.01. The van der Waals surface area contributed by atoms with E-state index in [1.165, 1.54) is 0 Å². The van der Waals surface area contributed by atoms with E-state index < -0.39 is 39.0 Å². The van der Waals surface area contributed by atoms with Crippen molar-refractivity contribution in [3.63, 3.8) is 0 Å². The fraction of sp³-hybridized carbons (Fsp3) is 0.875. The van der Waals surface area contributed by atoms with Gasteiger partial charge in [0.15, 0.2) is 10.1 Å². The van der Waals surface area contributed by atoms with Crippen LogP contribution >= 0.6 is 0 Å². The van der Waals surface area contributed by atoms with E-state index in [-0.39, 0.29) is 35.0 Å². The summed E-state index contributed by atoms with van der Waals surface area (Å²) in [6, 6.07) is 0. The average Bonchev–Trinajstić information content (AvgIpc) is 2.07. The molecule has 0 aromatic carbocycles. The quantitative estimate of drug-likeness (QED) is 0.247. The molecular weight excluding hydrogens is 342 g/mol. The summed E-state index contributed by atoms with van der Waals surface area (Å²) >= 11 is 0. The summed E-state index contributed by atoms with van der Waals surface area (Å²) in [6.07, 6.45) is -10.3. The predicted octanol–water partition coefficient (Wildman–Crippen LogP) is -2.18. The van der Waals surface area contributed by atoms with Crippen molar-refractivity contribution in [1.29, 1.82) is 0 Å². The van der Waals surface area contributed by atoms with Gasteiger partial charge in [-0.1, -0.05) is 0 Å². The first-order valence-electron chi connectivity index (χ1n) is 4.62. The van der Waals surface area contributed by atoms with Crippen LogP contribution in [0.3, 0.4) is 0 Å². The molecule has 0 spiro atoms. The van der Waals surface area contributed by atoms with Crippen molar-refractivity contribution >= 4 is 16.1 Å². The summed E-state index contributed by atoms with van der Waals surface area (Å²) in [5.41, 5.74) is -1.59. The Labute approximate surface area is 139 Å². The smallest absolute Gasteiger partial charge is 0.743 e. The summed E-state index contributed by atoms with van der Waals surface area (Å²) in [7, 11) is -6.66. The second-order valence-electron chi connectivity index (χ2n) is 4.59. The zero-order chi connectivity index (χ0) is 15.9.